The maximum atomic E-state index is 11.8. The molecule has 0 radical (unpaired) electrons. The van der Waals surface area contributed by atoms with Crippen LogP contribution in [0.2, 0.25) is 0 Å². The van der Waals surface area contributed by atoms with Crippen molar-refractivity contribution < 1.29 is 14.6 Å². The zero-order chi connectivity index (χ0) is 12.1. The van der Waals surface area contributed by atoms with Crippen molar-refractivity contribution in [1.82, 2.24) is 5.32 Å². The van der Waals surface area contributed by atoms with Crippen LogP contribution in [0.5, 0.6) is 0 Å². The summed E-state index contributed by atoms with van der Waals surface area (Å²) < 4.78 is 5.43. The van der Waals surface area contributed by atoms with Gasteiger partial charge in [0, 0.05) is 18.7 Å². The van der Waals surface area contributed by atoms with Gasteiger partial charge in [-0.15, -0.1) is 0 Å². The summed E-state index contributed by atoms with van der Waals surface area (Å²) in [6.07, 6.45) is 2.26. The highest BCUT2D eigenvalue weighted by atomic mass is 16.5. The van der Waals surface area contributed by atoms with Crippen LogP contribution in [-0.4, -0.2) is 30.3 Å². The highest BCUT2D eigenvalue weighted by Gasteiger charge is 2.16. The molecule has 1 aromatic rings. The Hall–Kier alpha value is -1.39. The number of ether oxygens (including phenoxy) is 1. The molecule has 1 unspecified atom stereocenters. The summed E-state index contributed by atoms with van der Waals surface area (Å²) in [5.41, 5.74) is 1.42. The van der Waals surface area contributed by atoms with E-state index in [4.69, 9.17) is 9.84 Å². The van der Waals surface area contributed by atoms with Crippen molar-refractivity contribution in [3.63, 3.8) is 0 Å². The molecule has 1 fully saturated rings. The summed E-state index contributed by atoms with van der Waals surface area (Å²) in [5.74, 6) is -0.0926. The summed E-state index contributed by atoms with van der Waals surface area (Å²) in [5, 5.41) is 11.7. The molecule has 1 aromatic carbocycles. The second-order valence-electron chi connectivity index (χ2n) is 4.20. The molecule has 2 N–H and O–H groups in total. The van der Waals surface area contributed by atoms with Gasteiger partial charge in [0.2, 0.25) is 0 Å². The monoisotopic (exact) mass is 235 g/mol. The van der Waals surface area contributed by atoms with E-state index in [0.717, 1.165) is 25.0 Å². The van der Waals surface area contributed by atoms with Crippen LogP contribution in [0.1, 0.15) is 28.8 Å². The third-order valence-electron chi connectivity index (χ3n) is 2.91. The zero-order valence-corrected chi connectivity index (χ0v) is 9.69. The average Bonchev–Trinajstić information content (AvgIpc) is 2.89. The summed E-state index contributed by atoms with van der Waals surface area (Å²) in [4.78, 5) is 11.8. The van der Waals surface area contributed by atoms with Crippen molar-refractivity contribution in [2.24, 2.45) is 0 Å². The van der Waals surface area contributed by atoms with E-state index in [9.17, 15) is 4.79 Å². The Morgan fingerprint density at radius 2 is 2.18 bits per heavy atom. The minimum Gasteiger partial charge on any atom is -0.392 e. The minimum atomic E-state index is -0.0926. The lowest BCUT2D eigenvalue weighted by Crippen LogP contribution is -2.31. The number of carbonyl (C=O) groups excluding carboxylic acids is 1. The van der Waals surface area contributed by atoms with Crippen LogP contribution >= 0.6 is 0 Å². The highest BCUT2D eigenvalue weighted by molar-refractivity contribution is 5.94. The van der Waals surface area contributed by atoms with Gasteiger partial charge in [-0.2, -0.15) is 0 Å². The number of amides is 1. The largest absolute Gasteiger partial charge is 0.392 e. The number of rotatable bonds is 4. The van der Waals surface area contributed by atoms with Gasteiger partial charge in [-0.25, -0.2) is 0 Å². The molecule has 1 amide bonds. The molecule has 1 atom stereocenters. The molecule has 4 nitrogen and oxygen atoms in total. The molecule has 17 heavy (non-hydrogen) atoms. The van der Waals surface area contributed by atoms with Crippen molar-refractivity contribution in [3.05, 3.63) is 35.4 Å². The van der Waals surface area contributed by atoms with E-state index in [0.29, 0.717) is 12.1 Å². The first-order chi connectivity index (χ1) is 8.29. The molecule has 1 heterocycles. The second kappa shape index (κ2) is 5.80. The number of benzene rings is 1. The number of hydrogen-bond acceptors (Lipinski definition) is 3. The number of aliphatic hydroxyl groups is 1. The number of nitrogens with one attached hydrogen (secondary N) is 1. The van der Waals surface area contributed by atoms with Crippen LogP contribution in [0.25, 0.3) is 0 Å². The molecule has 2 rings (SSSR count). The van der Waals surface area contributed by atoms with E-state index < -0.39 is 0 Å². The smallest absolute Gasteiger partial charge is 0.251 e. The fourth-order valence-electron chi connectivity index (χ4n) is 1.88. The van der Waals surface area contributed by atoms with Crippen molar-refractivity contribution in [2.45, 2.75) is 25.6 Å². The summed E-state index contributed by atoms with van der Waals surface area (Å²) in [7, 11) is 0. The Morgan fingerprint density at radius 3 is 2.76 bits per heavy atom. The summed E-state index contributed by atoms with van der Waals surface area (Å²) in [6, 6.07) is 6.94. The van der Waals surface area contributed by atoms with Crippen LogP contribution in [0.3, 0.4) is 0 Å². The van der Waals surface area contributed by atoms with Gasteiger partial charge in [-0.1, -0.05) is 12.1 Å². The SMILES string of the molecule is O=C(NCC1CCCO1)c1ccc(CO)cc1. The molecule has 0 aromatic heterocycles. The van der Waals surface area contributed by atoms with Crippen molar-refractivity contribution >= 4 is 5.91 Å². The highest BCUT2D eigenvalue weighted by Crippen LogP contribution is 2.11. The van der Waals surface area contributed by atoms with Gasteiger partial charge in [-0.05, 0) is 30.5 Å². The molecular formula is C13H17NO3. The van der Waals surface area contributed by atoms with Crippen LogP contribution in [0.15, 0.2) is 24.3 Å². The van der Waals surface area contributed by atoms with E-state index in [2.05, 4.69) is 5.32 Å². The average molecular weight is 235 g/mol. The second-order valence-corrected chi connectivity index (χ2v) is 4.20. The number of aliphatic hydroxyl groups excluding tert-OH is 1. The molecule has 0 spiro atoms. The van der Waals surface area contributed by atoms with E-state index in [1.807, 2.05) is 0 Å². The van der Waals surface area contributed by atoms with Crippen molar-refractivity contribution in [1.29, 1.82) is 0 Å². The van der Waals surface area contributed by atoms with Crippen LogP contribution in [0.4, 0.5) is 0 Å². The molecule has 1 aliphatic rings. The normalized spacial score (nSPS) is 19.2. The van der Waals surface area contributed by atoms with Gasteiger partial charge in [0.1, 0.15) is 0 Å². The predicted molar refractivity (Wildman–Crippen MR) is 63.7 cm³/mol. The van der Waals surface area contributed by atoms with Gasteiger partial charge in [0.05, 0.1) is 12.7 Å². The molecule has 92 valence electrons. The van der Waals surface area contributed by atoms with Crippen LogP contribution in [0, 0.1) is 0 Å². The molecule has 4 heteroatoms. The Balaban J connectivity index is 1.85. The predicted octanol–water partition coefficient (Wildman–Crippen LogP) is 1.09. The van der Waals surface area contributed by atoms with Gasteiger partial charge in [-0.3, -0.25) is 4.79 Å². The minimum absolute atomic E-state index is 0.00217. The lowest BCUT2D eigenvalue weighted by atomic mass is 10.1. The topological polar surface area (TPSA) is 58.6 Å². The zero-order valence-electron chi connectivity index (χ0n) is 9.69. The lowest BCUT2D eigenvalue weighted by molar-refractivity contribution is 0.0857. The standard InChI is InChI=1S/C13H17NO3/c15-9-10-3-5-11(6-4-10)13(16)14-8-12-2-1-7-17-12/h3-6,12,15H,1-2,7-9H2,(H,14,16). The number of hydrogen-bond donors (Lipinski definition) is 2. The van der Waals surface area contributed by atoms with E-state index in [1.54, 1.807) is 24.3 Å². The van der Waals surface area contributed by atoms with Gasteiger partial charge < -0.3 is 15.2 Å². The van der Waals surface area contributed by atoms with E-state index >= 15 is 0 Å². The molecule has 1 aliphatic heterocycles. The molecule has 0 aliphatic carbocycles. The van der Waals surface area contributed by atoms with Crippen LogP contribution < -0.4 is 5.32 Å². The van der Waals surface area contributed by atoms with Gasteiger partial charge >= 0.3 is 0 Å². The first-order valence-corrected chi connectivity index (χ1v) is 5.89. The molecule has 0 bridgehead atoms. The quantitative estimate of drug-likeness (QED) is 0.821. The Kier molecular flexibility index (Phi) is 4.12. The maximum Gasteiger partial charge on any atom is 0.251 e. The van der Waals surface area contributed by atoms with E-state index in [-0.39, 0.29) is 18.6 Å². The fourth-order valence-corrected chi connectivity index (χ4v) is 1.88. The molecule has 1 saturated heterocycles. The number of carbonyl (C=O) groups is 1. The Labute approximate surface area is 101 Å². The lowest BCUT2D eigenvalue weighted by Gasteiger charge is -2.10. The third-order valence-corrected chi connectivity index (χ3v) is 2.91. The van der Waals surface area contributed by atoms with E-state index in [1.165, 1.54) is 0 Å². The first kappa shape index (κ1) is 12.1. The first-order valence-electron chi connectivity index (χ1n) is 5.89. The fraction of sp³-hybridized carbons (Fsp3) is 0.462. The third kappa shape index (κ3) is 3.28. The van der Waals surface area contributed by atoms with Gasteiger partial charge in [0.15, 0.2) is 0 Å². The molecule has 0 saturated carbocycles. The summed E-state index contributed by atoms with van der Waals surface area (Å²) >= 11 is 0. The van der Waals surface area contributed by atoms with Crippen molar-refractivity contribution in [2.75, 3.05) is 13.2 Å². The maximum absolute atomic E-state index is 11.8. The molecular weight excluding hydrogens is 218 g/mol. The Morgan fingerprint density at radius 1 is 1.41 bits per heavy atom. The summed E-state index contributed by atoms with van der Waals surface area (Å²) in [6.45, 7) is 1.37. The Bertz CT molecular complexity index is 369. The van der Waals surface area contributed by atoms with Crippen LogP contribution in [-0.2, 0) is 11.3 Å². The van der Waals surface area contributed by atoms with Crippen molar-refractivity contribution in [3.8, 4) is 0 Å². The van der Waals surface area contributed by atoms with Gasteiger partial charge in [0.25, 0.3) is 5.91 Å².